The normalized spacial score (nSPS) is 20.4. The number of piperazine rings is 1. The minimum atomic E-state index is -1.04. The second-order valence-corrected chi connectivity index (χ2v) is 10.1. The molecule has 41 heavy (non-hydrogen) atoms. The second-order valence-electron chi connectivity index (χ2n) is 10.1. The first-order valence-corrected chi connectivity index (χ1v) is 13.4. The maximum absolute atomic E-state index is 14.0. The molecule has 0 aliphatic carbocycles. The van der Waals surface area contributed by atoms with Gasteiger partial charge in [-0.15, -0.1) is 5.10 Å². The molecule has 2 aliphatic rings. The van der Waals surface area contributed by atoms with Gasteiger partial charge in [-0.3, -0.25) is 33.8 Å². The number of H-pyrrole nitrogens is 1. The molecular formula is C27H31N9O5. The average Bonchev–Trinajstić information content (AvgIpc) is 3.65. The minimum Gasteiger partial charge on any atom is -0.348 e. The Bertz CT molecular complexity index is 1450. The maximum Gasteiger partial charge on any atom is 0.272 e. The number of ketones is 1. The van der Waals surface area contributed by atoms with E-state index in [-0.39, 0.29) is 62.1 Å². The number of aromatic amines is 1. The summed E-state index contributed by atoms with van der Waals surface area (Å²) < 4.78 is 1.61. The predicted octanol–water partition coefficient (Wildman–Crippen LogP) is -0.305. The van der Waals surface area contributed by atoms with Gasteiger partial charge in [0, 0.05) is 39.4 Å². The zero-order chi connectivity index (χ0) is 28.9. The summed E-state index contributed by atoms with van der Waals surface area (Å²) in [7, 11) is 0. The lowest BCUT2D eigenvalue weighted by Gasteiger charge is -2.41. The fourth-order valence-corrected chi connectivity index (χ4v) is 4.98. The van der Waals surface area contributed by atoms with Crippen molar-refractivity contribution in [1.82, 2.24) is 45.6 Å². The fraction of sp³-hybridized carbons (Fsp3) is 0.407. The number of nitrogens with zero attached hydrogens (tertiary/aromatic N) is 6. The summed E-state index contributed by atoms with van der Waals surface area (Å²) >= 11 is 0. The van der Waals surface area contributed by atoms with Gasteiger partial charge in [-0.1, -0.05) is 35.5 Å². The molecule has 5 rings (SSSR count). The smallest absolute Gasteiger partial charge is 0.272 e. The molecule has 2 bridgehead atoms. The van der Waals surface area contributed by atoms with Crippen LogP contribution >= 0.6 is 0 Å². The molecule has 0 unspecified atom stereocenters. The molecule has 1 aromatic carbocycles. The summed E-state index contributed by atoms with van der Waals surface area (Å²) in [6.07, 6.45) is 2.62. The molecule has 214 valence electrons. The summed E-state index contributed by atoms with van der Waals surface area (Å²) in [5.41, 5.74) is 1.62. The number of Topliss-reactive ketones (excluding diaryl/α,β-unsaturated/α-hetero) is 1. The molecule has 4 amide bonds. The Balaban J connectivity index is 1.43. The molecule has 14 nitrogen and oxygen atoms in total. The summed E-state index contributed by atoms with van der Waals surface area (Å²) in [5, 5.41) is 20.3. The molecule has 0 saturated carbocycles. The van der Waals surface area contributed by atoms with Crippen LogP contribution in [0.3, 0.4) is 0 Å². The quantitative estimate of drug-likeness (QED) is 0.364. The number of nitrogens with one attached hydrogen (secondary N) is 3. The van der Waals surface area contributed by atoms with Crippen molar-refractivity contribution in [1.29, 1.82) is 0 Å². The Kier molecular flexibility index (Phi) is 8.17. The number of hydrogen-bond donors (Lipinski definition) is 3. The van der Waals surface area contributed by atoms with Gasteiger partial charge in [-0.25, -0.2) is 0 Å². The lowest BCUT2D eigenvalue weighted by Crippen LogP contribution is -2.64. The van der Waals surface area contributed by atoms with Crippen LogP contribution in [-0.2, 0) is 33.9 Å². The van der Waals surface area contributed by atoms with Crippen molar-refractivity contribution >= 4 is 29.4 Å². The predicted molar refractivity (Wildman–Crippen MR) is 143 cm³/mol. The molecule has 4 heterocycles. The number of carbonyl (C=O) groups is 5. The van der Waals surface area contributed by atoms with Crippen LogP contribution < -0.4 is 10.6 Å². The molecule has 2 aliphatic heterocycles. The molecule has 0 radical (unpaired) electrons. The highest BCUT2D eigenvalue weighted by molar-refractivity contribution is 5.98. The summed E-state index contributed by atoms with van der Waals surface area (Å²) in [6.45, 7) is 1.99. The van der Waals surface area contributed by atoms with E-state index in [0.717, 1.165) is 5.56 Å². The van der Waals surface area contributed by atoms with Gasteiger partial charge < -0.3 is 20.4 Å². The number of amides is 4. The van der Waals surface area contributed by atoms with Crippen molar-refractivity contribution in [2.75, 3.05) is 19.6 Å². The monoisotopic (exact) mass is 561 g/mol. The number of rotatable bonds is 4. The molecular weight excluding hydrogens is 530 g/mol. The lowest BCUT2D eigenvalue weighted by atomic mass is 10.0. The van der Waals surface area contributed by atoms with Crippen molar-refractivity contribution in [3.63, 3.8) is 0 Å². The molecule has 0 spiro atoms. The minimum absolute atomic E-state index is 0.0632. The third-order valence-corrected chi connectivity index (χ3v) is 7.16. The SMILES string of the molecule is CC(=O)c1cc(C(=O)N2CCN3C(=O)[C@H](Cc4ccccc4)NC(=O)CCCn4cc(nn4)CNC(=O)[C@H]3C2)[nH]n1. The molecule has 1 saturated heterocycles. The number of hydrogen-bond acceptors (Lipinski definition) is 8. The van der Waals surface area contributed by atoms with E-state index in [0.29, 0.717) is 18.7 Å². The van der Waals surface area contributed by atoms with E-state index in [4.69, 9.17) is 0 Å². The molecule has 3 aromatic rings. The number of carbonyl (C=O) groups excluding carboxylic acids is 5. The van der Waals surface area contributed by atoms with Crippen LogP contribution in [0.2, 0.25) is 0 Å². The second kappa shape index (κ2) is 12.1. The van der Waals surface area contributed by atoms with Crippen molar-refractivity contribution in [2.24, 2.45) is 0 Å². The lowest BCUT2D eigenvalue weighted by molar-refractivity contribution is -0.146. The molecule has 2 aromatic heterocycles. The van der Waals surface area contributed by atoms with E-state index in [2.05, 4.69) is 31.1 Å². The van der Waals surface area contributed by atoms with Gasteiger partial charge in [0.15, 0.2) is 5.78 Å². The first-order chi connectivity index (χ1) is 19.8. The highest BCUT2D eigenvalue weighted by Crippen LogP contribution is 2.17. The average molecular weight is 562 g/mol. The fourth-order valence-electron chi connectivity index (χ4n) is 4.98. The molecule has 1 fully saturated rings. The number of benzene rings is 1. The number of aryl methyl sites for hydroxylation is 1. The van der Waals surface area contributed by atoms with Gasteiger partial charge in [-0.05, 0) is 18.1 Å². The molecule has 2 atom stereocenters. The van der Waals surface area contributed by atoms with E-state index < -0.39 is 29.8 Å². The van der Waals surface area contributed by atoms with Crippen molar-refractivity contribution in [3.8, 4) is 0 Å². The molecule has 14 heteroatoms. The van der Waals surface area contributed by atoms with Crippen LogP contribution in [0, 0.1) is 0 Å². The Labute approximate surface area is 235 Å². The Morgan fingerprint density at radius 1 is 1.07 bits per heavy atom. The summed E-state index contributed by atoms with van der Waals surface area (Å²) in [4.78, 5) is 68.2. The van der Waals surface area contributed by atoms with Crippen LogP contribution in [0.5, 0.6) is 0 Å². The number of fused-ring (bicyclic) bond motifs is 3. The highest BCUT2D eigenvalue weighted by Gasteiger charge is 2.40. The van der Waals surface area contributed by atoms with Gasteiger partial charge in [0.1, 0.15) is 29.2 Å². The topological polar surface area (TPSA) is 175 Å². The highest BCUT2D eigenvalue weighted by atomic mass is 16.2. The Morgan fingerprint density at radius 2 is 1.88 bits per heavy atom. The van der Waals surface area contributed by atoms with Crippen molar-refractivity contribution < 1.29 is 24.0 Å². The summed E-state index contributed by atoms with van der Waals surface area (Å²) in [6, 6.07) is 8.75. The van der Waals surface area contributed by atoms with E-state index in [1.807, 2.05) is 30.3 Å². The van der Waals surface area contributed by atoms with Gasteiger partial charge in [0.25, 0.3) is 5.91 Å². The standard InChI is InChI=1S/C27H31N9O5/c1-17(37)20-13-22(32-31-20)26(40)34-10-11-36-23(16-34)25(39)28-14-19-15-35(33-30-19)9-5-8-24(38)29-21(27(36)41)12-18-6-3-2-4-7-18/h2-4,6-7,13,15,21,23H,5,8-12,14,16H2,1H3,(H,28,39)(H,29,38)(H,31,32)/t21-,23+/m0/s1. The van der Waals surface area contributed by atoms with Crippen LogP contribution in [-0.4, -0.2) is 96.1 Å². The molecule has 3 N–H and O–H groups in total. The van der Waals surface area contributed by atoms with E-state index in [9.17, 15) is 24.0 Å². The largest absolute Gasteiger partial charge is 0.348 e. The number of aromatic nitrogens is 5. The van der Waals surface area contributed by atoms with Crippen LogP contribution in [0.15, 0.2) is 42.6 Å². The van der Waals surface area contributed by atoms with Crippen LogP contribution in [0.25, 0.3) is 0 Å². The zero-order valence-corrected chi connectivity index (χ0v) is 22.6. The van der Waals surface area contributed by atoms with Crippen LogP contribution in [0.4, 0.5) is 0 Å². The van der Waals surface area contributed by atoms with Crippen molar-refractivity contribution in [3.05, 3.63) is 65.2 Å². The zero-order valence-electron chi connectivity index (χ0n) is 22.6. The first kappa shape index (κ1) is 27.7. The van der Waals surface area contributed by atoms with E-state index in [1.165, 1.54) is 22.8 Å². The third kappa shape index (κ3) is 6.48. The third-order valence-electron chi connectivity index (χ3n) is 7.16. The Morgan fingerprint density at radius 3 is 2.63 bits per heavy atom. The van der Waals surface area contributed by atoms with E-state index >= 15 is 0 Å². The van der Waals surface area contributed by atoms with Gasteiger partial charge in [-0.2, -0.15) is 5.10 Å². The van der Waals surface area contributed by atoms with Crippen LogP contribution in [0.1, 0.15) is 52.0 Å². The van der Waals surface area contributed by atoms with Gasteiger partial charge in [0.05, 0.1) is 19.3 Å². The maximum atomic E-state index is 14.0. The van der Waals surface area contributed by atoms with E-state index in [1.54, 1.807) is 10.9 Å². The first-order valence-electron chi connectivity index (χ1n) is 13.4. The van der Waals surface area contributed by atoms with Gasteiger partial charge in [0.2, 0.25) is 17.7 Å². The summed E-state index contributed by atoms with van der Waals surface area (Å²) in [5.74, 6) is -1.91. The Hall–Kier alpha value is -4.88. The van der Waals surface area contributed by atoms with Gasteiger partial charge >= 0.3 is 0 Å². The van der Waals surface area contributed by atoms with Crippen molar-refractivity contribution in [2.45, 2.75) is 51.4 Å².